The van der Waals surface area contributed by atoms with E-state index in [9.17, 15) is 4.79 Å². The van der Waals surface area contributed by atoms with Gasteiger partial charge in [-0.1, -0.05) is 35.4 Å². The SMILES string of the molecule is Cc1ccc2c(c1)cc(C(=O)NC[C@@H](c1ccc(Cl)cc1)N1CCOCC1)n2C. The number of nitrogens with one attached hydrogen (secondary N) is 1. The summed E-state index contributed by atoms with van der Waals surface area (Å²) in [6.45, 7) is 5.69. The van der Waals surface area contributed by atoms with Crippen LogP contribution in [0.25, 0.3) is 10.9 Å². The number of aryl methyl sites for hydroxylation is 2. The molecule has 29 heavy (non-hydrogen) atoms. The number of carbonyl (C=O) groups is 1. The van der Waals surface area contributed by atoms with E-state index in [0.717, 1.165) is 29.6 Å². The van der Waals surface area contributed by atoms with Crippen molar-refractivity contribution in [1.29, 1.82) is 0 Å². The first-order chi connectivity index (χ1) is 14.0. The number of halogens is 1. The first-order valence-electron chi connectivity index (χ1n) is 9.94. The number of carbonyl (C=O) groups excluding carboxylic acids is 1. The molecule has 2 heterocycles. The van der Waals surface area contributed by atoms with Gasteiger partial charge in [0.1, 0.15) is 5.69 Å². The Morgan fingerprint density at radius 1 is 1.14 bits per heavy atom. The maximum absolute atomic E-state index is 13.0. The van der Waals surface area contributed by atoms with Gasteiger partial charge >= 0.3 is 0 Å². The Morgan fingerprint density at radius 2 is 1.86 bits per heavy atom. The normalized spacial score (nSPS) is 16.1. The summed E-state index contributed by atoms with van der Waals surface area (Å²) >= 11 is 6.07. The summed E-state index contributed by atoms with van der Waals surface area (Å²) in [6.07, 6.45) is 0. The minimum absolute atomic E-state index is 0.0615. The largest absolute Gasteiger partial charge is 0.379 e. The van der Waals surface area contributed by atoms with Gasteiger partial charge in [0, 0.05) is 42.6 Å². The Labute approximate surface area is 176 Å². The highest BCUT2D eigenvalue weighted by atomic mass is 35.5. The van der Waals surface area contributed by atoms with Crippen LogP contribution in [0.15, 0.2) is 48.5 Å². The molecule has 152 valence electrons. The number of fused-ring (bicyclic) bond motifs is 1. The van der Waals surface area contributed by atoms with Crippen molar-refractivity contribution in [2.24, 2.45) is 7.05 Å². The van der Waals surface area contributed by atoms with Crippen molar-refractivity contribution >= 4 is 28.4 Å². The lowest BCUT2D eigenvalue weighted by molar-refractivity contribution is 0.0162. The Bertz CT molecular complexity index is 1010. The topological polar surface area (TPSA) is 46.5 Å². The van der Waals surface area contributed by atoms with Gasteiger partial charge in [0.05, 0.1) is 19.3 Å². The van der Waals surface area contributed by atoms with Crippen LogP contribution in [0.5, 0.6) is 0 Å². The highest BCUT2D eigenvalue weighted by Crippen LogP contribution is 2.24. The van der Waals surface area contributed by atoms with Gasteiger partial charge in [-0.25, -0.2) is 0 Å². The Morgan fingerprint density at radius 3 is 2.59 bits per heavy atom. The van der Waals surface area contributed by atoms with E-state index in [4.69, 9.17) is 16.3 Å². The van der Waals surface area contributed by atoms with Crippen LogP contribution in [-0.4, -0.2) is 48.2 Å². The molecule has 1 amide bonds. The van der Waals surface area contributed by atoms with Crippen molar-refractivity contribution in [2.45, 2.75) is 13.0 Å². The Kier molecular flexibility index (Phi) is 5.90. The molecule has 3 aromatic rings. The van der Waals surface area contributed by atoms with Crippen LogP contribution in [0.2, 0.25) is 5.02 Å². The van der Waals surface area contributed by atoms with E-state index in [1.165, 1.54) is 5.56 Å². The van der Waals surface area contributed by atoms with E-state index in [2.05, 4.69) is 35.3 Å². The van der Waals surface area contributed by atoms with Crippen LogP contribution >= 0.6 is 11.6 Å². The fourth-order valence-corrected chi connectivity index (χ4v) is 4.12. The second-order valence-electron chi connectivity index (χ2n) is 7.58. The molecule has 5 nitrogen and oxygen atoms in total. The number of rotatable bonds is 5. The van der Waals surface area contributed by atoms with Crippen LogP contribution in [0.1, 0.15) is 27.7 Å². The zero-order chi connectivity index (χ0) is 20.4. The predicted molar refractivity (Wildman–Crippen MR) is 117 cm³/mol. The van der Waals surface area contributed by atoms with Gasteiger partial charge in [-0.2, -0.15) is 0 Å². The summed E-state index contributed by atoms with van der Waals surface area (Å²) in [4.78, 5) is 15.4. The quantitative estimate of drug-likeness (QED) is 0.691. The molecule has 1 N–H and O–H groups in total. The van der Waals surface area contributed by atoms with Crippen molar-refractivity contribution in [1.82, 2.24) is 14.8 Å². The van der Waals surface area contributed by atoms with Crippen molar-refractivity contribution in [2.75, 3.05) is 32.8 Å². The number of amides is 1. The van der Waals surface area contributed by atoms with E-state index in [0.29, 0.717) is 30.5 Å². The van der Waals surface area contributed by atoms with E-state index in [1.807, 2.05) is 41.9 Å². The molecule has 1 aliphatic rings. The second-order valence-corrected chi connectivity index (χ2v) is 8.01. The highest BCUT2D eigenvalue weighted by Gasteiger charge is 2.24. The summed E-state index contributed by atoms with van der Waals surface area (Å²) in [5, 5.41) is 4.95. The number of benzene rings is 2. The molecule has 1 aliphatic heterocycles. The molecule has 1 atom stereocenters. The lowest BCUT2D eigenvalue weighted by Crippen LogP contribution is -2.44. The maximum Gasteiger partial charge on any atom is 0.267 e. The van der Waals surface area contributed by atoms with E-state index in [-0.39, 0.29) is 11.9 Å². The van der Waals surface area contributed by atoms with Gasteiger partial charge in [-0.05, 0) is 42.8 Å². The number of aromatic nitrogens is 1. The van der Waals surface area contributed by atoms with Crippen molar-refractivity contribution in [3.05, 3.63) is 70.4 Å². The van der Waals surface area contributed by atoms with E-state index in [1.54, 1.807) is 0 Å². The zero-order valence-corrected chi connectivity index (χ0v) is 17.6. The monoisotopic (exact) mass is 411 g/mol. The third kappa shape index (κ3) is 4.32. The first kappa shape index (κ1) is 20.0. The zero-order valence-electron chi connectivity index (χ0n) is 16.8. The minimum atomic E-state index is -0.0615. The van der Waals surface area contributed by atoms with Gasteiger partial charge in [0.15, 0.2) is 0 Å². The lowest BCUT2D eigenvalue weighted by Gasteiger charge is -2.35. The summed E-state index contributed by atoms with van der Waals surface area (Å²) in [5.74, 6) is -0.0615. The molecule has 0 aliphatic carbocycles. The van der Waals surface area contributed by atoms with Crippen LogP contribution < -0.4 is 5.32 Å². The van der Waals surface area contributed by atoms with Gasteiger partial charge in [-0.3, -0.25) is 9.69 Å². The first-order valence-corrected chi connectivity index (χ1v) is 10.3. The number of ether oxygens (including phenoxy) is 1. The molecule has 1 saturated heterocycles. The summed E-state index contributed by atoms with van der Waals surface area (Å²) in [7, 11) is 1.94. The van der Waals surface area contributed by atoms with E-state index >= 15 is 0 Å². The Hall–Kier alpha value is -2.34. The summed E-state index contributed by atoms with van der Waals surface area (Å²) in [5.41, 5.74) is 4.06. The van der Waals surface area contributed by atoms with E-state index < -0.39 is 0 Å². The maximum atomic E-state index is 13.0. The van der Waals surface area contributed by atoms with Gasteiger partial charge < -0.3 is 14.6 Å². The average Bonchev–Trinajstić information content (AvgIpc) is 3.06. The minimum Gasteiger partial charge on any atom is -0.379 e. The third-order valence-corrected chi connectivity index (χ3v) is 5.88. The molecule has 0 bridgehead atoms. The Balaban J connectivity index is 1.54. The molecular weight excluding hydrogens is 386 g/mol. The molecule has 1 fully saturated rings. The summed E-state index contributed by atoms with van der Waals surface area (Å²) < 4.78 is 7.46. The number of hydrogen-bond donors (Lipinski definition) is 1. The molecule has 0 saturated carbocycles. The molecule has 0 unspecified atom stereocenters. The molecule has 0 spiro atoms. The molecule has 2 aromatic carbocycles. The van der Waals surface area contributed by atoms with Crippen molar-refractivity contribution in [3.63, 3.8) is 0 Å². The molecule has 1 aromatic heterocycles. The molecular formula is C23H26ClN3O2. The smallest absolute Gasteiger partial charge is 0.267 e. The summed E-state index contributed by atoms with van der Waals surface area (Å²) in [6, 6.07) is 16.2. The predicted octanol–water partition coefficient (Wildman–Crippen LogP) is 3.94. The van der Waals surface area contributed by atoms with Crippen LogP contribution in [0.4, 0.5) is 0 Å². The fourth-order valence-electron chi connectivity index (χ4n) is 4.00. The lowest BCUT2D eigenvalue weighted by atomic mass is 10.0. The van der Waals surface area contributed by atoms with Crippen LogP contribution in [0, 0.1) is 6.92 Å². The van der Waals surface area contributed by atoms with Gasteiger partial charge in [0.25, 0.3) is 5.91 Å². The molecule has 6 heteroatoms. The third-order valence-electron chi connectivity index (χ3n) is 5.63. The number of hydrogen-bond acceptors (Lipinski definition) is 3. The fraction of sp³-hybridized carbons (Fsp3) is 0.348. The van der Waals surface area contributed by atoms with Crippen molar-refractivity contribution < 1.29 is 9.53 Å². The standard InChI is InChI=1S/C23H26ClN3O2/c1-16-3-8-20-18(13-16)14-21(26(20)2)23(28)25-15-22(27-9-11-29-12-10-27)17-4-6-19(24)7-5-17/h3-8,13-14,22H,9-12,15H2,1-2H3,(H,25,28)/t22-/m0/s1. The van der Waals surface area contributed by atoms with Crippen molar-refractivity contribution in [3.8, 4) is 0 Å². The van der Waals surface area contributed by atoms with Gasteiger partial charge in [0.2, 0.25) is 0 Å². The van der Waals surface area contributed by atoms with Gasteiger partial charge in [-0.15, -0.1) is 0 Å². The average molecular weight is 412 g/mol. The molecule has 0 radical (unpaired) electrons. The number of morpholine rings is 1. The highest BCUT2D eigenvalue weighted by molar-refractivity contribution is 6.30. The molecule has 4 rings (SSSR count). The second kappa shape index (κ2) is 8.57. The number of nitrogens with zero attached hydrogens (tertiary/aromatic N) is 2. The van der Waals surface area contributed by atoms with Crippen LogP contribution in [-0.2, 0) is 11.8 Å². The van der Waals surface area contributed by atoms with Crippen LogP contribution in [0.3, 0.4) is 0 Å².